The van der Waals surface area contributed by atoms with Gasteiger partial charge < -0.3 is 14.6 Å². The first-order valence-corrected chi connectivity index (χ1v) is 5.07. The molecule has 0 radical (unpaired) electrons. The van der Waals surface area contributed by atoms with E-state index in [1.807, 2.05) is 31.2 Å². The summed E-state index contributed by atoms with van der Waals surface area (Å²) < 4.78 is 10.2. The molecule has 0 amide bonds. The Bertz CT molecular complexity index is 277. The molecule has 2 unspecified atom stereocenters. The molecule has 3 nitrogen and oxygen atoms in total. The maximum Gasteiger partial charge on any atom is 0.118 e. The van der Waals surface area contributed by atoms with Crippen LogP contribution in [0.15, 0.2) is 24.3 Å². The maximum atomic E-state index is 9.98. The van der Waals surface area contributed by atoms with Gasteiger partial charge in [0.05, 0.1) is 13.2 Å². The van der Waals surface area contributed by atoms with Crippen molar-refractivity contribution in [2.24, 2.45) is 0 Å². The SMILES string of the molecule is CCC(OC)C(O)c1ccc(OC)cc1. The van der Waals surface area contributed by atoms with Crippen LogP contribution in [0.1, 0.15) is 25.0 Å². The van der Waals surface area contributed by atoms with Crippen molar-refractivity contribution < 1.29 is 14.6 Å². The third kappa shape index (κ3) is 2.94. The molecule has 2 atom stereocenters. The fourth-order valence-electron chi connectivity index (χ4n) is 1.53. The highest BCUT2D eigenvalue weighted by atomic mass is 16.5. The molecule has 0 saturated heterocycles. The average molecular weight is 210 g/mol. The van der Waals surface area contributed by atoms with E-state index in [4.69, 9.17) is 9.47 Å². The molecule has 3 heteroatoms. The van der Waals surface area contributed by atoms with E-state index in [0.717, 1.165) is 17.7 Å². The average Bonchev–Trinajstić information content (AvgIpc) is 2.30. The zero-order valence-electron chi connectivity index (χ0n) is 9.43. The Balaban J connectivity index is 2.76. The second-order valence-electron chi connectivity index (χ2n) is 3.40. The number of methoxy groups -OCH3 is 2. The van der Waals surface area contributed by atoms with Crippen LogP contribution in [0.25, 0.3) is 0 Å². The Morgan fingerprint density at radius 1 is 1.20 bits per heavy atom. The van der Waals surface area contributed by atoms with E-state index in [0.29, 0.717) is 0 Å². The molecule has 1 aromatic carbocycles. The van der Waals surface area contributed by atoms with Crippen molar-refractivity contribution in [3.8, 4) is 5.75 Å². The van der Waals surface area contributed by atoms with Crippen LogP contribution in [-0.2, 0) is 4.74 Å². The normalized spacial score (nSPS) is 14.7. The number of rotatable bonds is 5. The Hall–Kier alpha value is -1.06. The van der Waals surface area contributed by atoms with E-state index in [1.54, 1.807) is 14.2 Å². The molecule has 0 aliphatic heterocycles. The number of hydrogen-bond donors (Lipinski definition) is 1. The minimum atomic E-state index is -0.578. The highest BCUT2D eigenvalue weighted by Gasteiger charge is 2.18. The zero-order valence-corrected chi connectivity index (χ0v) is 9.43. The Kier molecular flexibility index (Phi) is 4.59. The van der Waals surface area contributed by atoms with Gasteiger partial charge in [-0.05, 0) is 24.1 Å². The molecule has 84 valence electrons. The van der Waals surface area contributed by atoms with Crippen LogP contribution in [-0.4, -0.2) is 25.4 Å². The fourth-order valence-corrected chi connectivity index (χ4v) is 1.53. The standard InChI is InChI=1S/C12H18O3/c1-4-11(15-3)12(13)9-5-7-10(14-2)8-6-9/h5-8,11-13H,4H2,1-3H3. The lowest BCUT2D eigenvalue weighted by Gasteiger charge is -2.20. The molecule has 0 saturated carbocycles. The van der Waals surface area contributed by atoms with Gasteiger partial charge in [-0.1, -0.05) is 19.1 Å². The highest BCUT2D eigenvalue weighted by Crippen LogP contribution is 2.23. The maximum absolute atomic E-state index is 9.98. The summed E-state index contributed by atoms with van der Waals surface area (Å²) in [5, 5.41) is 9.98. The van der Waals surface area contributed by atoms with Gasteiger partial charge in [0.2, 0.25) is 0 Å². The number of aliphatic hydroxyl groups excluding tert-OH is 1. The van der Waals surface area contributed by atoms with Crippen LogP contribution in [0.2, 0.25) is 0 Å². The summed E-state index contributed by atoms with van der Waals surface area (Å²) in [6.07, 6.45) is 0.0493. The lowest BCUT2D eigenvalue weighted by molar-refractivity contribution is -0.0148. The summed E-state index contributed by atoms with van der Waals surface area (Å²) in [6, 6.07) is 7.37. The lowest BCUT2D eigenvalue weighted by Crippen LogP contribution is -2.19. The van der Waals surface area contributed by atoms with Crippen LogP contribution in [0, 0.1) is 0 Å². The summed E-state index contributed by atoms with van der Waals surface area (Å²) >= 11 is 0. The van der Waals surface area contributed by atoms with Crippen molar-refractivity contribution in [2.75, 3.05) is 14.2 Å². The van der Waals surface area contributed by atoms with E-state index in [1.165, 1.54) is 0 Å². The van der Waals surface area contributed by atoms with Crippen molar-refractivity contribution >= 4 is 0 Å². The molecule has 0 fully saturated rings. The number of ether oxygens (including phenoxy) is 2. The van der Waals surface area contributed by atoms with E-state index < -0.39 is 6.10 Å². The lowest BCUT2D eigenvalue weighted by atomic mass is 10.0. The van der Waals surface area contributed by atoms with Gasteiger partial charge in [-0.2, -0.15) is 0 Å². The largest absolute Gasteiger partial charge is 0.497 e. The Morgan fingerprint density at radius 3 is 2.20 bits per heavy atom. The third-order valence-electron chi connectivity index (χ3n) is 2.51. The van der Waals surface area contributed by atoms with Crippen molar-refractivity contribution in [1.82, 2.24) is 0 Å². The predicted octanol–water partition coefficient (Wildman–Crippen LogP) is 2.15. The second kappa shape index (κ2) is 5.73. The number of benzene rings is 1. The molecule has 1 N–H and O–H groups in total. The van der Waals surface area contributed by atoms with Crippen LogP contribution in [0.3, 0.4) is 0 Å². The molecule has 0 heterocycles. The highest BCUT2D eigenvalue weighted by molar-refractivity contribution is 5.28. The first-order valence-electron chi connectivity index (χ1n) is 5.07. The van der Waals surface area contributed by atoms with E-state index in [9.17, 15) is 5.11 Å². The molecule has 15 heavy (non-hydrogen) atoms. The summed E-state index contributed by atoms with van der Waals surface area (Å²) in [5.41, 5.74) is 0.851. The van der Waals surface area contributed by atoms with Crippen molar-refractivity contribution in [3.63, 3.8) is 0 Å². The van der Waals surface area contributed by atoms with Crippen LogP contribution in [0.5, 0.6) is 5.75 Å². The number of aliphatic hydroxyl groups is 1. The molecular formula is C12H18O3. The molecule has 1 aromatic rings. The van der Waals surface area contributed by atoms with E-state index in [2.05, 4.69) is 0 Å². The predicted molar refractivity (Wildman–Crippen MR) is 59.0 cm³/mol. The van der Waals surface area contributed by atoms with Gasteiger partial charge in [0, 0.05) is 7.11 Å². The topological polar surface area (TPSA) is 38.7 Å². The molecule has 0 bridgehead atoms. The molecule has 0 aliphatic rings. The smallest absolute Gasteiger partial charge is 0.118 e. The molecule has 0 aromatic heterocycles. The van der Waals surface area contributed by atoms with Gasteiger partial charge in [-0.25, -0.2) is 0 Å². The first-order chi connectivity index (χ1) is 7.22. The van der Waals surface area contributed by atoms with Gasteiger partial charge in [-0.15, -0.1) is 0 Å². The van der Waals surface area contributed by atoms with E-state index >= 15 is 0 Å². The summed E-state index contributed by atoms with van der Waals surface area (Å²) in [4.78, 5) is 0. The van der Waals surface area contributed by atoms with Crippen LogP contribution >= 0.6 is 0 Å². The van der Waals surface area contributed by atoms with Crippen LogP contribution in [0.4, 0.5) is 0 Å². The zero-order chi connectivity index (χ0) is 11.3. The van der Waals surface area contributed by atoms with Crippen molar-refractivity contribution in [2.45, 2.75) is 25.6 Å². The van der Waals surface area contributed by atoms with Crippen molar-refractivity contribution in [1.29, 1.82) is 0 Å². The first kappa shape index (κ1) is 12.0. The summed E-state index contributed by atoms with van der Waals surface area (Å²) in [7, 11) is 3.23. The van der Waals surface area contributed by atoms with Gasteiger partial charge in [0.25, 0.3) is 0 Å². The summed E-state index contributed by atoms with van der Waals surface area (Å²) in [5.74, 6) is 0.788. The fraction of sp³-hybridized carbons (Fsp3) is 0.500. The molecule has 0 aliphatic carbocycles. The molecule has 0 spiro atoms. The second-order valence-corrected chi connectivity index (χ2v) is 3.40. The Labute approximate surface area is 90.6 Å². The van der Waals surface area contributed by atoms with Gasteiger partial charge >= 0.3 is 0 Å². The van der Waals surface area contributed by atoms with Crippen LogP contribution < -0.4 is 4.74 Å². The summed E-state index contributed by atoms with van der Waals surface area (Å²) in [6.45, 7) is 1.99. The minimum Gasteiger partial charge on any atom is -0.497 e. The third-order valence-corrected chi connectivity index (χ3v) is 2.51. The molecular weight excluding hydrogens is 192 g/mol. The monoisotopic (exact) mass is 210 g/mol. The Morgan fingerprint density at radius 2 is 1.80 bits per heavy atom. The minimum absolute atomic E-state index is 0.154. The van der Waals surface area contributed by atoms with Gasteiger partial charge in [0.1, 0.15) is 11.9 Å². The number of hydrogen-bond acceptors (Lipinski definition) is 3. The van der Waals surface area contributed by atoms with Gasteiger partial charge in [-0.3, -0.25) is 0 Å². The van der Waals surface area contributed by atoms with Gasteiger partial charge in [0.15, 0.2) is 0 Å². The van der Waals surface area contributed by atoms with Crippen molar-refractivity contribution in [3.05, 3.63) is 29.8 Å². The quantitative estimate of drug-likeness (QED) is 0.809. The molecule has 1 rings (SSSR count). The van der Waals surface area contributed by atoms with E-state index in [-0.39, 0.29) is 6.10 Å².